The Morgan fingerprint density at radius 1 is 1.16 bits per heavy atom. The molecule has 0 fully saturated rings. The SMILES string of the molecule is COCC(=O)OCCN1C(=O)c2ccccc2C1=O. The molecule has 0 saturated carbocycles. The maximum absolute atomic E-state index is 11.9. The van der Waals surface area contributed by atoms with Crippen molar-refractivity contribution >= 4 is 17.8 Å². The number of carbonyl (C=O) groups excluding carboxylic acids is 3. The number of ether oxygens (including phenoxy) is 2. The zero-order chi connectivity index (χ0) is 13.8. The Hall–Kier alpha value is -2.21. The average Bonchev–Trinajstić information content (AvgIpc) is 2.65. The fourth-order valence-electron chi connectivity index (χ4n) is 1.85. The summed E-state index contributed by atoms with van der Waals surface area (Å²) in [6.07, 6.45) is 0. The van der Waals surface area contributed by atoms with Crippen molar-refractivity contribution in [2.24, 2.45) is 0 Å². The van der Waals surface area contributed by atoms with E-state index in [2.05, 4.69) is 4.74 Å². The van der Waals surface area contributed by atoms with Crippen LogP contribution in [0.15, 0.2) is 24.3 Å². The number of nitrogens with zero attached hydrogens (tertiary/aromatic N) is 1. The molecule has 0 bridgehead atoms. The van der Waals surface area contributed by atoms with Crippen molar-refractivity contribution in [3.05, 3.63) is 35.4 Å². The van der Waals surface area contributed by atoms with Gasteiger partial charge < -0.3 is 9.47 Å². The molecule has 1 heterocycles. The number of benzene rings is 1. The second-order valence-electron chi connectivity index (χ2n) is 3.96. The van der Waals surface area contributed by atoms with Crippen LogP contribution in [0.4, 0.5) is 0 Å². The number of amides is 2. The zero-order valence-electron chi connectivity index (χ0n) is 10.4. The molecule has 0 radical (unpaired) electrons. The molecular weight excluding hydrogens is 250 g/mol. The minimum absolute atomic E-state index is 0.0341. The predicted octanol–water partition coefficient (Wildman–Crippen LogP) is 0.472. The molecule has 1 aromatic rings. The predicted molar refractivity (Wildman–Crippen MR) is 64.6 cm³/mol. The largest absolute Gasteiger partial charge is 0.462 e. The van der Waals surface area contributed by atoms with Crippen LogP contribution >= 0.6 is 0 Å². The van der Waals surface area contributed by atoms with Gasteiger partial charge in [-0.25, -0.2) is 4.79 Å². The smallest absolute Gasteiger partial charge is 0.332 e. The van der Waals surface area contributed by atoms with E-state index in [1.54, 1.807) is 24.3 Å². The first-order valence-electron chi connectivity index (χ1n) is 5.75. The van der Waals surface area contributed by atoms with Gasteiger partial charge in [0.05, 0.1) is 17.7 Å². The van der Waals surface area contributed by atoms with Gasteiger partial charge in [-0.05, 0) is 12.1 Å². The number of hydrogen-bond acceptors (Lipinski definition) is 5. The summed E-state index contributed by atoms with van der Waals surface area (Å²) in [4.78, 5) is 36.0. The highest BCUT2D eigenvalue weighted by atomic mass is 16.6. The molecule has 0 saturated heterocycles. The molecule has 19 heavy (non-hydrogen) atoms. The highest BCUT2D eigenvalue weighted by molar-refractivity contribution is 6.21. The van der Waals surface area contributed by atoms with E-state index in [0.29, 0.717) is 11.1 Å². The summed E-state index contributed by atoms with van der Waals surface area (Å²) < 4.78 is 9.43. The summed E-state index contributed by atoms with van der Waals surface area (Å²) in [5, 5.41) is 0. The van der Waals surface area contributed by atoms with E-state index in [-0.39, 0.29) is 31.6 Å². The van der Waals surface area contributed by atoms with Gasteiger partial charge in [0, 0.05) is 7.11 Å². The van der Waals surface area contributed by atoms with E-state index in [4.69, 9.17) is 4.74 Å². The summed E-state index contributed by atoms with van der Waals surface area (Å²) in [6, 6.07) is 6.61. The highest BCUT2D eigenvalue weighted by Crippen LogP contribution is 2.21. The molecule has 1 aromatic carbocycles. The van der Waals surface area contributed by atoms with Crippen LogP contribution in [-0.4, -0.2) is 49.6 Å². The lowest BCUT2D eigenvalue weighted by molar-refractivity contribution is -0.148. The van der Waals surface area contributed by atoms with Gasteiger partial charge in [-0.2, -0.15) is 0 Å². The normalized spacial score (nSPS) is 13.6. The van der Waals surface area contributed by atoms with Gasteiger partial charge in [-0.3, -0.25) is 14.5 Å². The molecule has 1 aliphatic rings. The Bertz CT molecular complexity index is 491. The van der Waals surface area contributed by atoms with Crippen LogP contribution in [-0.2, 0) is 14.3 Å². The lowest BCUT2D eigenvalue weighted by Crippen LogP contribution is -2.33. The number of imide groups is 1. The van der Waals surface area contributed by atoms with E-state index < -0.39 is 5.97 Å². The monoisotopic (exact) mass is 263 g/mol. The summed E-state index contributed by atoms with van der Waals surface area (Å²) in [6.45, 7) is -0.141. The fraction of sp³-hybridized carbons (Fsp3) is 0.308. The molecule has 0 atom stereocenters. The van der Waals surface area contributed by atoms with Gasteiger partial charge in [-0.15, -0.1) is 0 Å². The number of carbonyl (C=O) groups is 3. The molecule has 100 valence electrons. The maximum atomic E-state index is 11.9. The van der Waals surface area contributed by atoms with E-state index >= 15 is 0 Å². The molecule has 6 heteroatoms. The van der Waals surface area contributed by atoms with Crippen LogP contribution in [0.3, 0.4) is 0 Å². The van der Waals surface area contributed by atoms with Crippen molar-refractivity contribution in [2.75, 3.05) is 26.9 Å². The van der Waals surface area contributed by atoms with Crippen LogP contribution < -0.4 is 0 Å². The lowest BCUT2D eigenvalue weighted by atomic mass is 10.1. The topological polar surface area (TPSA) is 72.9 Å². The van der Waals surface area contributed by atoms with Crippen LogP contribution in [0.2, 0.25) is 0 Å². The first-order valence-corrected chi connectivity index (χ1v) is 5.75. The molecule has 2 amide bonds. The van der Waals surface area contributed by atoms with Gasteiger partial charge >= 0.3 is 5.97 Å². The minimum Gasteiger partial charge on any atom is -0.462 e. The zero-order valence-corrected chi connectivity index (χ0v) is 10.4. The van der Waals surface area contributed by atoms with Crippen LogP contribution in [0.5, 0.6) is 0 Å². The Kier molecular flexibility index (Phi) is 3.91. The molecule has 0 aliphatic carbocycles. The van der Waals surface area contributed by atoms with Gasteiger partial charge in [-0.1, -0.05) is 12.1 Å². The van der Waals surface area contributed by atoms with E-state index in [1.807, 2.05) is 0 Å². The number of fused-ring (bicyclic) bond motifs is 1. The molecule has 2 rings (SSSR count). The average molecular weight is 263 g/mol. The Balaban J connectivity index is 1.95. The quantitative estimate of drug-likeness (QED) is 0.570. The summed E-state index contributed by atoms with van der Waals surface area (Å²) in [5.74, 6) is -1.24. The van der Waals surface area contributed by atoms with Gasteiger partial charge in [0.15, 0.2) is 0 Å². The van der Waals surface area contributed by atoms with Crippen molar-refractivity contribution in [3.63, 3.8) is 0 Å². The lowest BCUT2D eigenvalue weighted by Gasteiger charge is -2.13. The van der Waals surface area contributed by atoms with Crippen molar-refractivity contribution in [2.45, 2.75) is 0 Å². The van der Waals surface area contributed by atoms with E-state index in [0.717, 1.165) is 4.90 Å². The number of esters is 1. The molecule has 0 N–H and O–H groups in total. The van der Waals surface area contributed by atoms with Crippen molar-refractivity contribution in [1.82, 2.24) is 4.90 Å². The molecule has 0 unspecified atom stereocenters. The first-order chi connectivity index (χ1) is 9.15. The third kappa shape index (κ3) is 2.63. The summed E-state index contributed by atoms with van der Waals surface area (Å²) >= 11 is 0. The summed E-state index contributed by atoms with van der Waals surface area (Å²) in [5.41, 5.74) is 0.770. The van der Waals surface area contributed by atoms with Crippen molar-refractivity contribution in [3.8, 4) is 0 Å². The summed E-state index contributed by atoms with van der Waals surface area (Å²) in [7, 11) is 1.38. The number of rotatable bonds is 5. The third-order valence-corrected chi connectivity index (χ3v) is 2.72. The van der Waals surface area contributed by atoms with Gasteiger partial charge in [0.2, 0.25) is 0 Å². The highest BCUT2D eigenvalue weighted by Gasteiger charge is 2.34. The fourth-order valence-corrected chi connectivity index (χ4v) is 1.85. The van der Waals surface area contributed by atoms with Gasteiger partial charge in [0.25, 0.3) is 11.8 Å². The van der Waals surface area contributed by atoms with E-state index in [9.17, 15) is 14.4 Å². The Morgan fingerprint density at radius 2 is 1.74 bits per heavy atom. The number of hydrogen-bond donors (Lipinski definition) is 0. The van der Waals surface area contributed by atoms with Crippen LogP contribution in [0.25, 0.3) is 0 Å². The van der Waals surface area contributed by atoms with E-state index in [1.165, 1.54) is 7.11 Å². The minimum atomic E-state index is -0.529. The Labute approximate surface area is 109 Å². The van der Waals surface area contributed by atoms with Gasteiger partial charge in [0.1, 0.15) is 13.2 Å². The molecular formula is C13H13NO5. The molecule has 1 aliphatic heterocycles. The van der Waals surface area contributed by atoms with Crippen molar-refractivity contribution in [1.29, 1.82) is 0 Å². The Morgan fingerprint density at radius 3 is 2.26 bits per heavy atom. The van der Waals surface area contributed by atoms with Crippen LogP contribution in [0.1, 0.15) is 20.7 Å². The second-order valence-corrected chi connectivity index (χ2v) is 3.96. The standard InChI is InChI=1S/C13H13NO5/c1-18-8-11(15)19-7-6-14-12(16)9-4-2-3-5-10(9)13(14)17/h2-5H,6-8H2,1H3. The van der Waals surface area contributed by atoms with Crippen LogP contribution in [0, 0.1) is 0 Å². The third-order valence-electron chi connectivity index (χ3n) is 2.72. The second kappa shape index (κ2) is 5.62. The molecule has 0 aromatic heterocycles. The maximum Gasteiger partial charge on any atom is 0.332 e. The first kappa shape index (κ1) is 13.2. The van der Waals surface area contributed by atoms with Crippen molar-refractivity contribution < 1.29 is 23.9 Å². The molecule has 6 nitrogen and oxygen atoms in total. The number of methoxy groups -OCH3 is 1. The molecule has 0 spiro atoms.